The minimum atomic E-state index is -0.717. The highest BCUT2D eigenvalue weighted by Crippen LogP contribution is 2.00. The largest absolute Gasteiger partial charge is 0.466 e. The fourth-order valence-electron chi connectivity index (χ4n) is 1.19. The van der Waals surface area contributed by atoms with Crippen LogP contribution < -0.4 is 0 Å². The molecule has 1 aromatic carbocycles. The number of methoxy groups -OCH3 is 1. The van der Waals surface area contributed by atoms with Crippen LogP contribution in [0, 0.1) is 0 Å². The van der Waals surface area contributed by atoms with Gasteiger partial charge in [0.1, 0.15) is 13.2 Å². The summed E-state index contributed by atoms with van der Waals surface area (Å²) < 4.78 is 13.9. The van der Waals surface area contributed by atoms with Crippen LogP contribution in [0.5, 0.6) is 0 Å². The van der Waals surface area contributed by atoms with Gasteiger partial charge in [0.25, 0.3) is 0 Å². The van der Waals surface area contributed by atoms with E-state index in [0.717, 1.165) is 12.2 Å². The van der Waals surface area contributed by atoms with Crippen molar-refractivity contribution in [2.45, 2.75) is 0 Å². The van der Waals surface area contributed by atoms with Crippen molar-refractivity contribution in [3.8, 4) is 0 Å². The van der Waals surface area contributed by atoms with Gasteiger partial charge in [0.2, 0.25) is 0 Å². The Bertz CT molecular complexity index is 492. The first-order valence-corrected chi connectivity index (χ1v) is 5.78. The third kappa shape index (κ3) is 5.81. The molecule has 0 unspecified atom stereocenters. The first-order chi connectivity index (χ1) is 9.63. The van der Waals surface area contributed by atoms with Gasteiger partial charge in [-0.05, 0) is 12.1 Å². The van der Waals surface area contributed by atoms with Gasteiger partial charge in [-0.2, -0.15) is 0 Å². The summed E-state index contributed by atoms with van der Waals surface area (Å²) >= 11 is 0. The average Bonchev–Trinajstić information content (AvgIpc) is 2.49. The Kier molecular flexibility index (Phi) is 6.53. The minimum Gasteiger partial charge on any atom is -0.466 e. The number of rotatable bonds is 6. The molecule has 0 radical (unpaired) electrons. The molecule has 0 heterocycles. The van der Waals surface area contributed by atoms with E-state index in [0.29, 0.717) is 5.56 Å². The maximum atomic E-state index is 11.5. The van der Waals surface area contributed by atoms with Gasteiger partial charge in [-0.1, -0.05) is 18.2 Å². The lowest BCUT2D eigenvalue weighted by Crippen LogP contribution is -2.13. The smallest absolute Gasteiger partial charge is 0.338 e. The Hall–Kier alpha value is -2.63. The zero-order valence-electron chi connectivity index (χ0n) is 10.9. The van der Waals surface area contributed by atoms with Crippen molar-refractivity contribution in [3.05, 3.63) is 48.0 Å². The van der Waals surface area contributed by atoms with Crippen molar-refractivity contribution < 1.29 is 28.6 Å². The van der Waals surface area contributed by atoms with Gasteiger partial charge >= 0.3 is 17.9 Å². The number of carbonyl (C=O) groups excluding carboxylic acids is 3. The molecule has 6 heteroatoms. The fraction of sp³-hybridized carbons (Fsp3) is 0.214. The second-order valence-electron chi connectivity index (χ2n) is 3.53. The van der Waals surface area contributed by atoms with E-state index in [4.69, 9.17) is 9.47 Å². The van der Waals surface area contributed by atoms with Gasteiger partial charge < -0.3 is 14.2 Å². The molecule has 6 nitrogen and oxygen atoms in total. The molecule has 0 aliphatic heterocycles. The van der Waals surface area contributed by atoms with Crippen LogP contribution in [0.15, 0.2) is 42.5 Å². The molecule has 0 amide bonds. The van der Waals surface area contributed by atoms with Crippen LogP contribution in [0.4, 0.5) is 0 Å². The van der Waals surface area contributed by atoms with E-state index in [-0.39, 0.29) is 13.2 Å². The van der Waals surface area contributed by atoms with Gasteiger partial charge in [-0.25, -0.2) is 14.4 Å². The van der Waals surface area contributed by atoms with Crippen molar-refractivity contribution >= 4 is 17.9 Å². The van der Waals surface area contributed by atoms with E-state index >= 15 is 0 Å². The van der Waals surface area contributed by atoms with Crippen LogP contribution in [0.1, 0.15) is 10.4 Å². The van der Waals surface area contributed by atoms with Crippen LogP contribution in [0.25, 0.3) is 0 Å². The highest BCUT2D eigenvalue weighted by Gasteiger charge is 2.06. The summed E-state index contributed by atoms with van der Waals surface area (Å²) in [5.41, 5.74) is 0.421. The Morgan fingerprint density at radius 3 is 2.20 bits per heavy atom. The topological polar surface area (TPSA) is 78.9 Å². The molecular formula is C14H14O6. The molecule has 20 heavy (non-hydrogen) atoms. The van der Waals surface area contributed by atoms with Gasteiger partial charge in [0, 0.05) is 12.2 Å². The zero-order valence-corrected chi connectivity index (χ0v) is 10.9. The molecule has 0 N–H and O–H groups in total. The highest BCUT2D eigenvalue weighted by molar-refractivity contribution is 5.91. The molecule has 0 saturated carbocycles. The van der Waals surface area contributed by atoms with Crippen molar-refractivity contribution in [1.29, 1.82) is 0 Å². The highest BCUT2D eigenvalue weighted by atomic mass is 16.6. The maximum absolute atomic E-state index is 11.5. The number of esters is 3. The summed E-state index contributed by atoms with van der Waals surface area (Å²) in [5.74, 6) is -1.87. The van der Waals surface area contributed by atoms with Crippen LogP contribution in [-0.4, -0.2) is 38.2 Å². The monoisotopic (exact) mass is 278 g/mol. The van der Waals surface area contributed by atoms with E-state index in [1.54, 1.807) is 30.3 Å². The Balaban J connectivity index is 2.22. The van der Waals surface area contributed by atoms with Crippen molar-refractivity contribution in [3.63, 3.8) is 0 Å². The van der Waals surface area contributed by atoms with Crippen molar-refractivity contribution in [2.75, 3.05) is 20.3 Å². The second kappa shape index (κ2) is 8.47. The lowest BCUT2D eigenvalue weighted by molar-refractivity contribution is -0.140. The quantitative estimate of drug-likeness (QED) is 0.336. The molecular weight excluding hydrogens is 264 g/mol. The number of carbonyl (C=O) groups is 3. The number of hydrogen-bond donors (Lipinski definition) is 0. The molecule has 0 atom stereocenters. The van der Waals surface area contributed by atoms with Gasteiger partial charge in [0.15, 0.2) is 0 Å². The molecule has 0 spiro atoms. The molecule has 0 aromatic heterocycles. The molecule has 0 fully saturated rings. The summed E-state index contributed by atoms with van der Waals surface area (Å²) in [4.78, 5) is 33.3. The SMILES string of the molecule is COC(=O)/C=C/C(=O)OCCOC(=O)c1ccccc1. The summed E-state index contributed by atoms with van der Waals surface area (Å²) in [7, 11) is 1.20. The lowest BCUT2D eigenvalue weighted by Gasteiger charge is -2.04. The van der Waals surface area contributed by atoms with Crippen LogP contribution in [-0.2, 0) is 23.8 Å². The summed E-state index contributed by atoms with van der Waals surface area (Å²) in [5, 5.41) is 0. The van der Waals surface area contributed by atoms with Crippen LogP contribution in [0.2, 0.25) is 0 Å². The summed E-state index contributed by atoms with van der Waals surface area (Å²) in [6.07, 6.45) is 1.88. The van der Waals surface area contributed by atoms with Crippen molar-refractivity contribution in [2.24, 2.45) is 0 Å². The molecule has 1 aromatic rings. The third-order valence-electron chi connectivity index (χ3n) is 2.13. The number of benzene rings is 1. The predicted molar refractivity (Wildman–Crippen MR) is 68.8 cm³/mol. The summed E-state index contributed by atoms with van der Waals surface area (Å²) in [6.45, 7) is -0.158. The average molecular weight is 278 g/mol. The second-order valence-corrected chi connectivity index (χ2v) is 3.53. The first-order valence-electron chi connectivity index (χ1n) is 5.78. The standard InChI is InChI=1S/C14H14O6/c1-18-12(15)7-8-13(16)19-9-10-20-14(17)11-5-3-2-4-6-11/h2-8H,9-10H2,1H3/b8-7+. The van der Waals surface area contributed by atoms with E-state index < -0.39 is 17.9 Å². The van der Waals surface area contributed by atoms with Crippen LogP contribution >= 0.6 is 0 Å². The van der Waals surface area contributed by atoms with Gasteiger partial charge in [0.05, 0.1) is 12.7 Å². The van der Waals surface area contributed by atoms with E-state index in [1.165, 1.54) is 7.11 Å². The predicted octanol–water partition coefficient (Wildman–Crippen LogP) is 1.12. The third-order valence-corrected chi connectivity index (χ3v) is 2.13. The van der Waals surface area contributed by atoms with Gasteiger partial charge in [-0.3, -0.25) is 0 Å². The lowest BCUT2D eigenvalue weighted by atomic mass is 10.2. The fourth-order valence-corrected chi connectivity index (χ4v) is 1.19. The van der Waals surface area contributed by atoms with E-state index in [2.05, 4.69) is 4.74 Å². The molecule has 0 aliphatic carbocycles. The first kappa shape index (κ1) is 15.4. The molecule has 0 aliphatic rings. The number of hydrogen-bond acceptors (Lipinski definition) is 6. The zero-order chi connectivity index (χ0) is 14.8. The molecule has 0 bridgehead atoms. The van der Waals surface area contributed by atoms with E-state index in [1.807, 2.05) is 0 Å². The molecule has 106 valence electrons. The van der Waals surface area contributed by atoms with E-state index in [9.17, 15) is 14.4 Å². The van der Waals surface area contributed by atoms with Crippen LogP contribution in [0.3, 0.4) is 0 Å². The van der Waals surface area contributed by atoms with Gasteiger partial charge in [-0.15, -0.1) is 0 Å². The minimum absolute atomic E-state index is 0.0640. The summed E-state index contributed by atoms with van der Waals surface area (Å²) in [6, 6.07) is 8.45. The van der Waals surface area contributed by atoms with Crippen molar-refractivity contribution in [1.82, 2.24) is 0 Å². The normalized spacial score (nSPS) is 10.1. The molecule has 1 rings (SSSR count). The maximum Gasteiger partial charge on any atom is 0.338 e. The molecule has 0 saturated heterocycles. The number of ether oxygens (including phenoxy) is 3. The Morgan fingerprint density at radius 1 is 0.950 bits per heavy atom. The Labute approximate surface area is 115 Å². The Morgan fingerprint density at radius 2 is 1.55 bits per heavy atom.